The Morgan fingerprint density at radius 3 is 3.00 bits per heavy atom. The Labute approximate surface area is 131 Å². The summed E-state index contributed by atoms with van der Waals surface area (Å²) in [5.74, 6) is 0.0600. The highest BCUT2D eigenvalue weighted by molar-refractivity contribution is 7.15. The summed E-state index contributed by atoms with van der Waals surface area (Å²) in [7, 11) is 1.86. The van der Waals surface area contributed by atoms with Gasteiger partial charge in [-0.1, -0.05) is 19.4 Å². The summed E-state index contributed by atoms with van der Waals surface area (Å²) in [6.45, 7) is 2.92. The fourth-order valence-electron chi connectivity index (χ4n) is 2.17. The van der Waals surface area contributed by atoms with Crippen molar-refractivity contribution in [1.29, 1.82) is 0 Å². The number of imidazole rings is 1. The van der Waals surface area contributed by atoms with Crippen LogP contribution >= 0.6 is 22.7 Å². The summed E-state index contributed by atoms with van der Waals surface area (Å²) in [6.07, 6.45) is 4.07. The van der Waals surface area contributed by atoms with Crippen LogP contribution in [0.3, 0.4) is 0 Å². The molecule has 21 heavy (non-hydrogen) atoms. The molecule has 110 valence electrons. The number of carbonyl (C=O) groups excluding carboxylic acids is 1. The molecule has 0 aliphatic carbocycles. The molecule has 6 heteroatoms. The zero-order valence-electron chi connectivity index (χ0n) is 12.1. The third-order valence-electron chi connectivity index (χ3n) is 3.40. The zero-order chi connectivity index (χ0) is 14.8. The van der Waals surface area contributed by atoms with E-state index in [-0.39, 0.29) is 5.91 Å². The molecule has 0 fully saturated rings. The molecule has 0 N–H and O–H groups in total. The number of thiazole rings is 1. The van der Waals surface area contributed by atoms with E-state index in [1.54, 1.807) is 16.2 Å². The summed E-state index contributed by atoms with van der Waals surface area (Å²) in [6, 6.07) is 4.06. The Bertz CT molecular complexity index is 742. The first-order chi connectivity index (χ1) is 10.2. The van der Waals surface area contributed by atoms with Crippen molar-refractivity contribution in [3.05, 3.63) is 34.8 Å². The van der Waals surface area contributed by atoms with Gasteiger partial charge in [-0.2, -0.15) is 0 Å². The molecule has 0 saturated heterocycles. The van der Waals surface area contributed by atoms with Crippen LogP contribution in [0.2, 0.25) is 0 Å². The molecule has 0 spiro atoms. The molecule has 0 aromatic carbocycles. The fourth-order valence-corrected chi connectivity index (χ4v) is 3.70. The molecular weight excluding hydrogens is 302 g/mol. The maximum absolute atomic E-state index is 12.5. The van der Waals surface area contributed by atoms with Gasteiger partial charge in [0.1, 0.15) is 11.4 Å². The van der Waals surface area contributed by atoms with E-state index >= 15 is 0 Å². The van der Waals surface area contributed by atoms with Crippen molar-refractivity contribution in [2.24, 2.45) is 0 Å². The molecule has 1 amide bonds. The first kappa shape index (κ1) is 14.3. The molecule has 0 atom stereocenters. The predicted octanol–water partition coefficient (Wildman–Crippen LogP) is 4.00. The SMILES string of the molecule is CCCCN(C)C(=O)c1csc2nc(-c3cccs3)cn12. The van der Waals surface area contributed by atoms with Gasteiger partial charge >= 0.3 is 0 Å². The average Bonchev–Trinajstić information content (AvgIpc) is 3.17. The smallest absolute Gasteiger partial charge is 0.271 e. The van der Waals surface area contributed by atoms with Crippen molar-refractivity contribution in [3.8, 4) is 10.6 Å². The summed E-state index contributed by atoms with van der Waals surface area (Å²) in [5.41, 5.74) is 1.63. The van der Waals surface area contributed by atoms with Gasteiger partial charge in [0.05, 0.1) is 4.88 Å². The Kier molecular flexibility index (Phi) is 4.07. The molecule has 0 aliphatic rings. The second kappa shape index (κ2) is 5.99. The maximum atomic E-state index is 12.5. The first-order valence-electron chi connectivity index (χ1n) is 6.96. The van der Waals surface area contributed by atoms with Crippen LogP contribution in [0.25, 0.3) is 15.5 Å². The topological polar surface area (TPSA) is 37.6 Å². The standard InChI is InChI=1S/C15H17N3OS2/c1-3-4-7-17(2)14(19)12-10-21-15-16-11(9-18(12)15)13-6-5-8-20-13/h5-6,8-10H,3-4,7H2,1-2H3. The van der Waals surface area contributed by atoms with Crippen molar-refractivity contribution < 1.29 is 4.79 Å². The molecule has 4 nitrogen and oxygen atoms in total. The lowest BCUT2D eigenvalue weighted by molar-refractivity contribution is 0.0787. The summed E-state index contributed by atoms with van der Waals surface area (Å²) >= 11 is 3.17. The van der Waals surface area contributed by atoms with E-state index in [0.717, 1.165) is 34.9 Å². The second-order valence-corrected chi connectivity index (χ2v) is 6.74. The first-order valence-corrected chi connectivity index (χ1v) is 8.72. The summed E-state index contributed by atoms with van der Waals surface area (Å²) in [4.78, 5) is 20.9. The van der Waals surface area contributed by atoms with Crippen LogP contribution in [0.4, 0.5) is 0 Å². The Balaban J connectivity index is 1.91. The van der Waals surface area contributed by atoms with Crippen molar-refractivity contribution in [2.45, 2.75) is 19.8 Å². The number of unbranched alkanes of at least 4 members (excludes halogenated alkanes) is 1. The molecule has 0 aliphatic heterocycles. The van der Waals surface area contributed by atoms with Crippen LogP contribution in [0.5, 0.6) is 0 Å². The summed E-state index contributed by atoms with van der Waals surface area (Å²) < 4.78 is 1.91. The lowest BCUT2D eigenvalue weighted by atomic mass is 10.3. The van der Waals surface area contributed by atoms with E-state index in [1.165, 1.54) is 11.3 Å². The van der Waals surface area contributed by atoms with Crippen LogP contribution < -0.4 is 0 Å². The van der Waals surface area contributed by atoms with Gasteiger partial charge < -0.3 is 4.90 Å². The molecule has 0 unspecified atom stereocenters. The molecule has 0 radical (unpaired) electrons. The number of carbonyl (C=O) groups is 1. The highest BCUT2D eigenvalue weighted by atomic mass is 32.1. The molecule has 0 bridgehead atoms. The van der Waals surface area contributed by atoms with Gasteiger partial charge in [-0.15, -0.1) is 22.7 Å². The van der Waals surface area contributed by atoms with E-state index in [4.69, 9.17) is 0 Å². The number of amides is 1. The Morgan fingerprint density at radius 1 is 1.43 bits per heavy atom. The van der Waals surface area contributed by atoms with Crippen molar-refractivity contribution in [2.75, 3.05) is 13.6 Å². The largest absolute Gasteiger partial charge is 0.340 e. The van der Waals surface area contributed by atoms with Crippen LogP contribution in [-0.2, 0) is 0 Å². The van der Waals surface area contributed by atoms with Gasteiger partial charge in [-0.25, -0.2) is 4.98 Å². The van der Waals surface area contributed by atoms with Gasteiger partial charge in [0.2, 0.25) is 0 Å². The highest BCUT2D eigenvalue weighted by Crippen LogP contribution is 2.27. The van der Waals surface area contributed by atoms with Crippen LogP contribution in [0.15, 0.2) is 29.1 Å². The number of aromatic nitrogens is 2. The minimum absolute atomic E-state index is 0.0600. The third-order valence-corrected chi connectivity index (χ3v) is 5.13. The normalized spacial score (nSPS) is 11.1. The molecule has 3 heterocycles. The fraction of sp³-hybridized carbons (Fsp3) is 0.333. The lowest BCUT2D eigenvalue weighted by Crippen LogP contribution is -2.28. The molecule has 3 aromatic heterocycles. The number of fused-ring (bicyclic) bond motifs is 1. The molecule has 0 saturated carbocycles. The van der Waals surface area contributed by atoms with Gasteiger partial charge in [-0.05, 0) is 17.9 Å². The minimum atomic E-state index is 0.0600. The predicted molar refractivity (Wildman–Crippen MR) is 88.3 cm³/mol. The van der Waals surface area contributed by atoms with Gasteiger partial charge in [0, 0.05) is 25.2 Å². The number of hydrogen-bond donors (Lipinski definition) is 0. The number of hydrogen-bond acceptors (Lipinski definition) is 4. The lowest BCUT2D eigenvalue weighted by Gasteiger charge is -2.15. The average molecular weight is 319 g/mol. The highest BCUT2D eigenvalue weighted by Gasteiger charge is 2.18. The zero-order valence-corrected chi connectivity index (χ0v) is 13.7. The van der Waals surface area contributed by atoms with Gasteiger partial charge in [0.25, 0.3) is 5.91 Å². The van der Waals surface area contributed by atoms with E-state index in [0.29, 0.717) is 5.69 Å². The van der Waals surface area contributed by atoms with Crippen LogP contribution in [-0.4, -0.2) is 33.8 Å². The van der Waals surface area contributed by atoms with Crippen LogP contribution in [0.1, 0.15) is 30.3 Å². The number of rotatable bonds is 5. The molecular formula is C15H17N3OS2. The second-order valence-electron chi connectivity index (χ2n) is 4.96. The monoisotopic (exact) mass is 319 g/mol. The van der Waals surface area contributed by atoms with E-state index < -0.39 is 0 Å². The van der Waals surface area contributed by atoms with E-state index in [2.05, 4.69) is 11.9 Å². The maximum Gasteiger partial charge on any atom is 0.271 e. The van der Waals surface area contributed by atoms with Gasteiger partial charge in [-0.3, -0.25) is 9.20 Å². The van der Waals surface area contributed by atoms with Crippen molar-refractivity contribution >= 4 is 33.5 Å². The van der Waals surface area contributed by atoms with Crippen molar-refractivity contribution in [3.63, 3.8) is 0 Å². The number of thiophene rings is 1. The minimum Gasteiger partial charge on any atom is -0.340 e. The summed E-state index contributed by atoms with van der Waals surface area (Å²) in [5, 5.41) is 3.93. The van der Waals surface area contributed by atoms with Gasteiger partial charge in [0.15, 0.2) is 4.96 Å². The molecule has 3 aromatic rings. The van der Waals surface area contributed by atoms with E-state index in [1.807, 2.05) is 40.5 Å². The Morgan fingerprint density at radius 2 is 2.29 bits per heavy atom. The quantitative estimate of drug-likeness (QED) is 0.713. The van der Waals surface area contributed by atoms with Crippen molar-refractivity contribution in [1.82, 2.24) is 14.3 Å². The van der Waals surface area contributed by atoms with Crippen LogP contribution in [0, 0.1) is 0 Å². The van der Waals surface area contributed by atoms with E-state index in [9.17, 15) is 4.79 Å². The Hall–Kier alpha value is -1.66. The third kappa shape index (κ3) is 2.73. The molecule has 3 rings (SSSR count). The number of nitrogens with zero attached hydrogens (tertiary/aromatic N) is 3.